The van der Waals surface area contributed by atoms with Crippen molar-refractivity contribution in [1.82, 2.24) is 10.4 Å². The van der Waals surface area contributed by atoms with E-state index in [1.165, 1.54) is 30.3 Å². The number of carbonyl (C=O) groups is 4. The first-order chi connectivity index (χ1) is 15.7. The van der Waals surface area contributed by atoms with Crippen LogP contribution in [0.2, 0.25) is 0 Å². The highest BCUT2D eigenvalue weighted by molar-refractivity contribution is 5.99. The van der Waals surface area contributed by atoms with Gasteiger partial charge in [-0.1, -0.05) is 12.1 Å². The molecule has 0 radical (unpaired) electrons. The first kappa shape index (κ1) is 23.0. The molecular weight excluding hydrogens is 440 g/mol. The van der Waals surface area contributed by atoms with Gasteiger partial charge in [0.15, 0.2) is 6.61 Å². The number of carbonyl (C=O) groups excluding carboxylic acids is 4. The first-order valence-corrected chi connectivity index (χ1v) is 9.46. The minimum absolute atomic E-state index is 0.00325. The lowest BCUT2D eigenvalue weighted by Gasteiger charge is -2.17. The van der Waals surface area contributed by atoms with E-state index in [-0.39, 0.29) is 35.5 Å². The standard InChI is InChI=1S/C20H16N4O9/c25-17(13-2-1-3-16(8-13)24(31)32)11-33-20(28)14-9-18(26)22(10-14)21-19(27)12-4-6-15(7-5-12)23(29)30/h1-8,14H,9-11H2,(H,21,27)/t14-/m1/s1. The van der Waals surface area contributed by atoms with Crippen LogP contribution >= 0.6 is 0 Å². The van der Waals surface area contributed by atoms with Crippen LogP contribution in [0.1, 0.15) is 27.1 Å². The number of ether oxygens (including phenoxy) is 1. The maximum absolute atomic E-state index is 12.3. The van der Waals surface area contributed by atoms with Crippen molar-refractivity contribution in [2.24, 2.45) is 5.92 Å². The van der Waals surface area contributed by atoms with Crippen molar-refractivity contribution in [2.45, 2.75) is 6.42 Å². The fourth-order valence-corrected chi connectivity index (χ4v) is 3.03. The average Bonchev–Trinajstić information content (AvgIpc) is 3.17. The summed E-state index contributed by atoms with van der Waals surface area (Å²) in [7, 11) is 0. The number of hydrazine groups is 1. The molecule has 1 aliphatic rings. The minimum Gasteiger partial charge on any atom is -0.457 e. The molecule has 13 heteroatoms. The van der Waals surface area contributed by atoms with Gasteiger partial charge >= 0.3 is 5.97 Å². The Morgan fingerprint density at radius 2 is 1.67 bits per heavy atom. The number of non-ortho nitro benzene ring substituents is 2. The molecule has 0 spiro atoms. The fourth-order valence-electron chi connectivity index (χ4n) is 3.03. The Kier molecular flexibility index (Phi) is 6.71. The molecule has 0 aliphatic carbocycles. The van der Waals surface area contributed by atoms with Crippen molar-refractivity contribution < 1.29 is 33.8 Å². The van der Waals surface area contributed by atoms with Gasteiger partial charge < -0.3 is 4.74 Å². The molecule has 0 aromatic heterocycles. The van der Waals surface area contributed by atoms with Crippen molar-refractivity contribution in [3.8, 4) is 0 Å². The largest absolute Gasteiger partial charge is 0.457 e. The van der Waals surface area contributed by atoms with E-state index in [1.54, 1.807) is 0 Å². The summed E-state index contributed by atoms with van der Waals surface area (Å²) in [6.45, 7) is -0.860. The van der Waals surface area contributed by atoms with Crippen LogP contribution in [0.4, 0.5) is 11.4 Å². The van der Waals surface area contributed by atoms with E-state index in [1.807, 2.05) is 0 Å². The number of hydrogen-bond acceptors (Lipinski definition) is 9. The number of benzene rings is 2. The summed E-state index contributed by atoms with van der Waals surface area (Å²) in [5.74, 6) is -3.69. The Labute approximate surface area is 185 Å². The zero-order valence-corrected chi connectivity index (χ0v) is 16.8. The van der Waals surface area contributed by atoms with Crippen LogP contribution in [0.25, 0.3) is 0 Å². The third kappa shape index (κ3) is 5.52. The van der Waals surface area contributed by atoms with Crippen LogP contribution < -0.4 is 5.43 Å². The van der Waals surface area contributed by atoms with Gasteiger partial charge in [0.25, 0.3) is 17.3 Å². The molecule has 2 aromatic carbocycles. The molecule has 0 bridgehead atoms. The predicted octanol–water partition coefficient (Wildman–Crippen LogP) is 1.42. The Bertz CT molecular complexity index is 1150. The number of nitrogens with zero attached hydrogens (tertiary/aromatic N) is 3. The van der Waals surface area contributed by atoms with E-state index in [9.17, 15) is 39.4 Å². The summed E-state index contributed by atoms with van der Waals surface area (Å²) in [5, 5.41) is 22.4. The zero-order valence-electron chi connectivity index (χ0n) is 16.8. The number of ketones is 1. The number of amides is 2. The lowest BCUT2D eigenvalue weighted by atomic mass is 10.1. The van der Waals surface area contributed by atoms with Gasteiger partial charge in [0.2, 0.25) is 11.7 Å². The van der Waals surface area contributed by atoms with E-state index >= 15 is 0 Å². The number of rotatable bonds is 8. The number of nitrogens with one attached hydrogen (secondary N) is 1. The van der Waals surface area contributed by atoms with E-state index in [0.717, 1.165) is 23.2 Å². The molecule has 0 saturated carbocycles. The van der Waals surface area contributed by atoms with Gasteiger partial charge in [0.1, 0.15) is 0 Å². The van der Waals surface area contributed by atoms with Gasteiger partial charge in [-0.25, -0.2) is 0 Å². The van der Waals surface area contributed by atoms with Gasteiger partial charge in [0.05, 0.1) is 22.3 Å². The molecule has 1 N–H and O–H groups in total. The van der Waals surface area contributed by atoms with Gasteiger partial charge in [-0.3, -0.25) is 49.8 Å². The molecule has 170 valence electrons. The Morgan fingerprint density at radius 3 is 2.30 bits per heavy atom. The first-order valence-electron chi connectivity index (χ1n) is 9.46. The molecule has 3 rings (SSSR count). The molecule has 2 aromatic rings. The third-order valence-electron chi connectivity index (χ3n) is 4.76. The summed E-state index contributed by atoms with van der Waals surface area (Å²) >= 11 is 0. The van der Waals surface area contributed by atoms with Crippen molar-refractivity contribution >= 4 is 34.9 Å². The lowest BCUT2D eigenvalue weighted by Crippen LogP contribution is -2.43. The van der Waals surface area contributed by atoms with Gasteiger partial charge in [-0.05, 0) is 12.1 Å². The number of nitro groups is 2. The van der Waals surface area contributed by atoms with E-state index in [4.69, 9.17) is 4.74 Å². The molecule has 2 amide bonds. The topological polar surface area (TPSA) is 179 Å². The molecular formula is C20H16N4O9. The molecule has 33 heavy (non-hydrogen) atoms. The quantitative estimate of drug-likeness (QED) is 0.266. The molecule has 13 nitrogen and oxygen atoms in total. The Balaban J connectivity index is 1.53. The van der Waals surface area contributed by atoms with Crippen LogP contribution in [0, 0.1) is 26.1 Å². The lowest BCUT2D eigenvalue weighted by molar-refractivity contribution is -0.385. The molecule has 1 saturated heterocycles. The monoisotopic (exact) mass is 456 g/mol. The maximum atomic E-state index is 12.3. The van der Waals surface area contributed by atoms with Crippen molar-refractivity contribution in [3.63, 3.8) is 0 Å². The SMILES string of the molecule is O=C(COC(=O)[C@@H]1CC(=O)N(NC(=O)c2ccc([N+](=O)[O-])cc2)C1)c1cccc([N+](=O)[O-])c1. The summed E-state index contributed by atoms with van der Waals surface area (Å²) in [5.41, 5.74) is 1.90. The van der Waals surface area contributed by atoms with Crippen molar-refractivity contribution in [1.29, 1.82) is 0 Å². The number of hydrogen-bond donors (Lipinski definition) is 1. The molecule has 0 unspecified atom stereocenters. The number of Topliss-reactive ketones (excluding diaryl/α,β-unsaturated/α-hetero) is 1. The predicted molar refractivity (Wildman–Crippen MR) is 109 cm³/mol. The Hall–Kier alpha value is -4.68. The van der Waals surface area contributed by atoms with Crippen LogP contribution in [0.3, 0.4) is 0 Å². The van der Waals surface area contributed by atoms with Crippen LogP contribution in [0.5, 0.6) is 0 Å². The molecule has 1 heterocycles. The maximum Gasteiger partial charge on any atom is 0.311 e. The molecule has 1 fully saturated rings. The zero-order chi connectivity index (χ0) is 24.1. The number of nitro benzene ring substituents is 2. The summed E-state index contributed by atoms with van der Waals surface area (Å²) in [6.07, 6.45) is -0.260. The molecule has 1 atom stereocenters. The van der Waals surface area contributed by atoms with E-state index in [0.29, 0.717) is 0 Å². The van der Waals surface area contributed by atoms with Gasteiger partial charge in [0, 0.05) is 41.8 Å². The minimum atomic E-state index is -0.937. The fraction of sp³-hybridized carbons (Fsp3) is 0.200. The second-order valence-corrected chi connectivity index (χ2v) is 6.99. The summed E-state index contributed by atoms with van der Waals surface area (Å²) in [6, 6.07) is 9.67. The Morgan fingerprint density at radius 1 is 1.00 bits per heavy atom. The van der Waals surface area contributed by atoms with Gasteiger partial charge in [-0.2, -0.15) is 0 Å². The summed E-state index contributed by atoms with van der Waals surface area (Å²) in [4.78, 5) is 69.0. The van der Waals surface area contributed by atoms with Gasteiger partial charge in [-0.15, -0.1) is 0 Å². The second-order valence-electron chi connectivity index (χ2n) is 6.99. The van der Waals surface area contributed by atoms with Crippen LogP contribution in [-0.4, -0.2) is 51.6 Å². The van der Waals surface area contributed by atoms with Crippen molar-refractivity contribution in [3.05, 3.63) is 79.9 Å². The highest BCUT2D eigenvalue weighted by Crippen LogP contribution is 2.19. The highest BCUT2D eigenvalue weighted by atomic mass is 16.6. The smallest absolute Gasteiger partial charge is 0.311 e. The summed E-state index contributed by atoms with van der Waals surface area (Å²) < 4.78 is 4.95. The third-order valence-corrected chi connectivity index (χ3v) is 4.76. The van der Waals surface area contributed by atoms with Crippen LogP contribution in [-0.2, 0) is 14.3 Å². The van der Waals surface area contributed by atoms with E-state index < -0.39 is 45.9 Å². The molecule has 1 aliphatic heterocycles. The average molecular weight is 456 g/mol. The van der Waals surface area contributed by atoms with Crippen molar-refractivity contribution in [2.75, 3.05) is 13.2 Å². The second kappa shape index (κ2) is 9.64. The van der Waals surface area contributed by atoms with E-state index in [2.05, 4.69) is 5.43 Å². The normalized spacial score (nSPS) is 15.1. The van der Waals surface area contributed by atoms with Crippen LogP contribution in [0.15, 0.2) is 48.5 Å². The number of esters is 1. The highest BCUT2D eigenvalue weighted by Gasteiger charge is 2.36.